The van der Waals surface area contributed by atoms with Gasteiger partial charge in [0.15, 0.2) is 5.76 Å². The Hall–Kier alpha value is -2.80. The van der Waals surface area contributed by atoms with Crippen LogP contribution in [0.4, 0.5) is 11.4 Å². The molecule has 1 heterocycles. The van der Waals surface area contributed by atoms with Crippen molar-refractivity contribution >= 4 is 23.2 Å². The van der Waals surface area contributed by atoms with Gasteiger partial charge in [0.2, 0.25) is 5.91 Å². The molecule has 2 rings (SSSR count). The lowest BCUT2D eigenvalue weighted by atomic mass is 10.1. The number of carbonyl (C=O) groups excluding carboxylic acids is 2. The molecule has 2 aromatic rings. The average molecular weight is 401 g/mol. The maximum absolute atomic E-state index is 13.0. The van der Waals surface area contributed by atoms with Crippen LogP contribution in [-0.4, -0.2) is 62.9 Å². The molecule has 0 bridgehead atoms. The lowest BCUT2D eigenvalue weighted by Gasteiger charge is -2.27. The summed E-state index contributed by atoms with van der Waals surface area (Å²) in [7, 11) is 7.87. The summed E-state index contributed by atoms with van der Waals surface area (Å²) in [5.41, 5.74) is 2.67. The minimum atomic E-state index is -0.154. The first-order valence-corrected chi connectivity index (χ1v) is 9.77. The molecule has 1 aromatic heterocycles. The van der Waals surface area contributed by atoms with Gasteiger partial charge in [-0.2, -0.15) is 0 Å². The van der Waals surface area contributed by atoms with Gasteiger partial charge in [-0.05, 0) is 50.0 Å². The molecule has 0 fully saturated rings. The van der Waals surface area contributed by atoms with Gasteiger partial charge in [0.25, 0.3) is 5.91 Å². The van der Waals surface area contributed by atoms with E-state index in [2.05, 4.69) is 5.32 Å². The second-order valence-corrected chi connectivity index (χ2v) is 7.89. The summed E-state index contributed by atoms with van der Waals surface area (Å²) < 4.78 is 5.33. The zero-order chi connectivity index (χ0) is 21.6. The fraction of sp³-hybridized carbons (Fsp3) is 0.455. The highest BCUT2D eigenvalue weighted by atomic mass is 16.3. The van der Waals surface area contributed by atoms with Gasteiger partial charge in [-0.1, -0.05) is 13.8 Å². The average Bonchev–Trinajstić information content (AvgIpc) is 3.18. The molecule has 0 aliphatic rings. The third-order valence-corrected chi connectivity index (χ3v) is 4.55. The molecule has 0 spiro atoms. The second-order valence-electron chi connectivity index (χ2n) is 7.89. The number of anilines is 2. The van der Waals surface area contributed by atoms with Crippen molar-refractivity contribution in [3.63, 3.8) is 0 Å². The highest BCUT2D eigenvalue weighted by Gasteiger charge is 2.21. The molecule has 0 aliphatic carbocycles. The normalized spacial score (nSPS) is 11.0. The molecule has 1 aromatic carbocycles. The first-order valence-electron chi connectivity index (χ1n) is 9.77. The first-order chi connectivity index (χ1) is 13.7. The number of likely N-dealkylation sites (N-methyl/N-ethyl adjacent to an activating group) is 1. The topological polar surface area (TPSA) is 69.0 Å². The molecular weight excluding hydrogens is 368 g/mol. The summed E-state index contributed by atoms with van der Waals surface area (Å²) in [5, 5.41) is 2.94. The van der Waals surface area contributed by atoms with Crippen molar-refractivity contribution in [3.8, 4) is 0 Å². The molecular formula is C22H32N4O3. The number of furan rings is 1. The van der Waals surface area contributed by atoms with Gasteiger partial charge >= 0.3 is 0 Å². The molecule has 0 saturated carbocycles. The Bertz CT molecular complexity index is 813. The third-order valence-electron chi connectivity index (χ3n) is 4.55. The van der Waals surface area contributed by atoms with Crippen molar-refractivity contribution in [3.05, 3.63) is 47.9 Å². The van der Waals surface area contributed by atoms with Gasteiger partial charge < -0.3 is 24.4 Å². The van der Waals surface area contributed by atoms with Gasteiger partial charge in [-0.15, -0.1) is 0 Å². The maximum atomic E-state index is 13.0. The molecule has 0 unspecified atom stereocenters. The fourth-order valence-electron chi connectivity index (χ4n) is 2.85. The van der Waals surface area contributed by atoms with E-state index in [1.54, 1.807) is 17.0 Å². The molecule has 0 aliphatic heterocycles. The number of hydrogen-bond donors (Lipinski definition) is 1. The standard InChI is InChI=1S/C22H32N4O3/c1-16(2)21(27)23-18-9-10-19(25(5)6)17(14-18)15-26(12-11-24(3)4)22(28)20-8-7-13-29-20/h7-10,13-14,16H,11-12,15H2,1-6H3,(H,23,27). The number of nitrogens with one attached hydrogen (secondary N) is 1. The number of hydrogen-bond acceptors (Lipinski definition) is 5. The van der Waals surface area contributed by atoms with Gasteiger partial charge in [-0.25, -0.2) is 0 Å². The van der Waals surface area contributed by atoms with Crippen LogP contribution < -0.4 is 10.2 Å². The Morgan fingerprint density at radius 2 is 1.79 bits per heavy atom. The van der Waals surface area contributed by atoms with Crippen LogP contribution in [0.3, 0.4) is 0 Å². The number of nitrogens with zero attached hydrogens (tertiary/aromatic N) is 3. The van der Waals surface area contributed by atoms with E-state index in [0.717, 1.165) is 23.5 Å². The Balaban J connectivity index is 2.33. The zero-order valence-corrected chi connectivity index (χ0v) is 18.2. The van der Waals surface area contributed by atoms with Crippen molar-refractivity contribution in [2.24, 2.45) is 5.92 Å². The van der Waals surface area contributed by atoms with E-state index in [0.29, 0.717) is 18.8 Å². The van der Waals surface area contributed by atoms with Crippen LogP contribution in [0.5, 0.6) is 0 Å². The Morgan fingerprint density at radius 3 is 2.34 bits per heavy atom. The van der Waals surface area contributed by atoms with E-state index in [-0.39, 0.29) is 17.7 Å². The Kier molecular flexibility index (Phi) is 7.84. The lowest BCUT2D eigenvalue weighted by molar-refractivity contribution is -0.118. The zero-order valence-electron chi connectivity index (χ0n) is 18.2. The van der Waals surface area contributed by atoms with Crippen molar-refractivity contribution in [2.45, 2.75) is 20.4 Å². The van der Waals surface area contributed by atoms with Crippen molar-refractivity contribution in [1.82, 2.24) is 9.80 Å². The molecule has 0 saturated heterocycles. The molecule has 29 heavy (non-hydrogen) atoms. The highest BCUT2D eigenvalue weighted by molar-refractivity contribution is 5.93. The third kappa shape index (κ3) is 6.35. The van der Waals surface area contributed by atoms with Crippen LogP contribution >= 0.6 is 0 Å². The summed E-state index contributed by atoms with van der Waals surface area (Å²) in [5.74, 6) is 0.0198. The quantitative estimate of drug-likeness (QED) is 0.700. The lowest BCUT2D eigenvalue weighted by Crippen LogP contribution is -2.36. The van der Waals surface area contributed by atoms with Crippen LogP contribution in [0, 0.1) is 5.92 Å². The maximum Gasteiger partial charge on any atom is 0.289 e. The smallest absolute Gasteiger partial charge is 0.289 e. The van der Waals surface area contributed by atoms with Crippen molar-refractivity contribution in [2.75, 3.05) is 51.5 Å². The fourth-order valence-corrected chi connectivity index (χ4v) is 2.85. The number of amides is 2. The van der Waals surface area contributed by atoms with Crippen LogP contribution in [0.2, 0.25) is 0 Å². The van der Waals surface area contributed by atoms with Crippen molar-refractivity contribution in [1.29, 1.82) is 0 Å². The van der Waals surface area contributed by atoms with E-state index in [9.17, 15) is 9.59 Å². The predicted octanol–water partition coefficient (Wildman–Crippen LogP) is 3.14. The molecule has 1 N–H and O–H groups in total. The van der Waals surface area contributed by atoms with Gasteiger partial charge in [0, 0.05) is 51.0 Å². The van der Waals surface area contributed by atoms with E-state index in [4.69, 9.17) is 4.42 Å². The molecule has 7 nitrogen and oxygen atoms in total. The summed E-state index contributed by atoms with van der Waals surface area (Å²) in [4.78, 5) is 30.9. The summed E-state index contributed by atoms with van der Waals surface area (Å²) >= 11 is 0. The summed E-state index contributed by atoms with van der Waals surface area (Å²) in [6, 6.07) is 9.18. The van der Waals surface area contributed by atoms with Gasteiger partial charge in [0.05, 0.1) is 6.26 Å². The first kappa shape index (κ1) is 22.5. The molecule has 0 atom stereocenters. The summed E-state index contributed by atoms with van der Waals surface area (Å²) in [6.45, 7) is 5.41. The Labute approximate surface area is 173 Å². The SMILES string of the molecule is CC(C)C(=O)Nc1ccc(N(C)C)c(CN(CCN(C)C)C(=O)c2ccco2)c1. The van der Waals surface area contributed by atoms with Crippen molar-refractivity contribution < 1.29 is 14.0 Å². The molecule has 2 amide bonds. The highest BCUT2D eigenvalue weighted by Crippen LogP contribution is 2.25. The van der Waals surface area contributed by atoms with Crippen LogP contribution in [-0.2, 0) is 11.3 Å². The minimum absolute atomic E-state index is 0.0373. The molecule has 158 valence electrons. The monoisotopic (exact) mass is 400 g/mol. The van der Waals surface area contributed by atoms with Gasteiger partial charge in [0.1, 0.15) is 0 Å². The van der Waals surface area contributed by atoms with Gasteiger partial charge in [-0.3, -0.25) is 9.59 Å². The minimum Gasteiger partial charge on any atom is -0.459 e. The predicted molar refractivity (Wildman–Crippen MR) is 116 cm³/mol. The number of rotatable bonds is 9. The summed E-state index contributed by atoms with van der Waals surface area (Å²) in [6.07, 6.45) is 1.50. The second kappa shape index (κ2) is 10.1. The Morgan fingerprint density at radius 1 is 1.07 bits per heavy atom. The van der Waals surface area contributed by atoms with E-state index >= 15 is 0 Å². The van der Waals surface area contributed by atoms with E-state index in [1.807, 2.05) is 70.0 Å². The number of carbonyl (C=O) groups is 2. The molecule has 7 heteroatoms. The molecule has 0 radical (unpaired) electrons. The number of benzene rings is 1. The van der Waals surface area contributed by atoms with Crippen LogP contribution in [0.1, 0.15) is 30.0 Å². The largest absolute Gasteiger partial charge is 0.459 e. The van der Waals surface area contributed by atoms with E-state index < -0.39 is 0 Å². The van der Waals surface area contributed by atoms with E-state index in [1.165, 1.54) is 6.26 Å². The van der Waals surface area contributed by atoms with Crippen LogP contribution in [0.25, 0.3) is 0 Å². The van der Waals surface area contributed by atoms with Crippen LogP contribution in [0.15, 0.2) is 41.0 Å².